The van der Waals surface area contributed by atoms with Crippen LogP contribution in [0.25, 0.3) is 0 Å². The van der Waals surface area contributed by atoms with E-state index in [0.717, 1.165) is 25.7 Å². The van der Waals surface area contributed by atoms with Crippen LogP contribution in [0.15, 0.2) is 18.2 Å². The smallest absolute Gasteiger partial charge is 0.254 e. The number of rotatable bonds is 6. The molecule has 2 atom stereocenters. The molecule has 0 bridgehead atoms. The highest BCUT2D eigenvalue weighted by Gasteiger charge is 2.34. The summed E-state index contributed by atoms with van der Waals surface area (Å²) in [6.07, 6.45) is -0.356. The molecule has 2 aliphatic rings. The number of hydrogen-bond acceptors (Lipinski definition) is 6. The number of nitrogens with one attached hydrogen (secondary N) is 1. The second-order valence-electron chi connectivity index (χ2n) is 7.87. The second-order valence-corrected chi connectivity index (χ2v) is 7.87. The zero-order chi connectivity index (χ0) is 23.7. The number of carbonyl (C=O) groups excluding carboxylic acids is 2. The molecule has 9 heteroatoms. The van der Waals surface area contributed by atoms with E-state index in [4.69, 9.17) is 0 Å². The summed E-state index contributed by atoms with van der Waals surface area (Å²) in [5, 5.41) is 31.9. The van der Waals surface area contributed by atoms with Crippen LogP contribution >= 0.6 is 0 Å². The Bertz CT molecular complexity index is 815. The first-order chi connectivity index (χ1) is 15.4. The fourth-order valence-corrected chi connectivity index (χ4v) is 4.00. The van der Waals surface area contributed by atoms with Crippen molar-refractivity contribution in [3.63, 3.8) is 0 Å². The van der Waals surface area contributed by atoms with Crippen LogP contribution in [0.2, 0.25) is 0 Å². The van der Waals surface area contributed by atoms with Crippen molar-refractivity contribution in [2.45, 2.75) is 51.7 Å². The quantitative estimate of drug-likeness (QED) is 0.606. The minimum Gasteiger partial charge on any atom is -0.380 e. The van der Waals surface area contributed by atoms with E-state index in [1.165, 1.54) is 17.0 Å². The fraction of sp³-hybridized carbons (Fsp3) is 0.609. The number of piperidine rings is 1. The van der Waals surface area contributed by atoms with Crippen LogP contribution in [0.5, 0.6) is 0 Å². The molecule has 1 aromatic carbocycles. The summed E-state index contributed by atoms with van der Waals surface area (Å²) in [6, 6.07) is 6.17. The van der Waals surface area contributed by atoms with Gasteiger partial charge < -0.3 is 25.3 Å². The summed E-state index contributed by atoms with van der Waals surface area (Å²) in [6.45, 7) is 6.69. The van der Waals surface area contributed by atoms with Gasteiger partial charge in [-0.05, 0) is 49.8 Å². The highest BCUT2D eigenvalue weighted by molar-refractivity contribution is 5.90. The van der Waals surface area contributed by atoms with E-state index in [1.807, 2.05) is 24.8 Å². The van der Waals surface area contributed by atoms with Crippen molar-refractivity contribution in [2.24, 2.45) is 5.92 Å². The summed E-state index contributed by atoms with van der Waals surface area (Å²) >= 11 is 0. The summed E-state index contributed by atoms with van der Waals surface area (Å²) < 4.78 is 13.3. The molecule has 176 valence electrons. The Morgan fingerprint density at radius 2 is 1.78 bits per heavy atom. The number of benzene rings is 1. The first kappa shape index (κ1) is 25.6. The van der Waals surface area contributed by atoms with E-state index < -0.39 is 29.8 Å². The number of halogens is 1. The minimum absolute atomic E-state index is 0.162. The lowest BCUT2D eigenvalue weighted by atomic mass is 9.95. The molecule has 0 spiro atoms. The number of anilines is 1. The molecule has 3 N–H and O–H groups in total. The number of amides is 2. The SMILES string of the molecule is CC.N#Cc1cc(F)ccc1N1CCC(CNC(=O)C(O)C(O)C(=O)N2CCCC2)CC1. The summed E-state index contributed by atoms with van der Waals surface area (Å²) in [5.41, 5.74) is 0.988. The molecular formula is C23H33FN4O4. The molecule has 0 radical (unpaired) electrons. The van der Waals surface area contributed by atoms with Crippen LogP contribution < -0.4 is 10.2 Å². The van der Waals surface area contributed by atoms with Gasteiger partial charge in [-0.1, -0.05) is 13.8 Å². The number of carbonyl (C=O) groups is 2. The Balaban J connectivity index is 0.00000176. The predicted octanol–water partition coefficient (Wildman–Crippen LogP) is 1.40. The van der Waals surface area contributed by atoms with E-state index in [-0.39, 0.29) is 5.92 Å². The van der Waals surface area contributed by atoms with E-state index in [9.17, 15) is 29.5 Å². The van der Waals surface area contributed by atoms with E-state index in [1.54, 1.807) is 6.07 Å². The van der Waals surface area contributed by atoms with Gasteiger partial charge in [0.2, 0.25) is 0 Å². The number of nitriles is 1. The Kier molecular flexibility index (Phi) is 9.88. The number of aliphatic hydroxyl groups excluding tert-OH is 2. The number of hydrogen-bond donors (Lipinski definition) is 3. The van der Waals surface area contributed by atoms with Gasteiger partial charge in [0.1, 0.15) is 11.9 Å². The summed E-state index contributed by atoms with van der Waals surface area (Å²) in [5.74, 6) is -1.66. The van der Waals surface area contributed by atoms with Crippen molar-refractivity contribution in [1.29, 1.82) is 5.26 Å². The Morgan fingerprint density at radius 1 is 1.16 bits per heavy atom. The predicted molar refractivity (Wildman–Crippen MR) is 118 cm³/mol. The Labute approximate surface area is 188 Å². The lowest BCUT2D eigenvalue weighted by Crippen LogP contribution is -2.51. The van der Waals surface area contributed by atoms with Crippen LogP contribution in [-0.2, 0) is 9.59 Å². The molecule has 3 rings (SSSR count). The number of likely N-dealkylation sites (tertiary alicyclic amines) is 1. The third kappa shape index (κ3) is 6.40. The van der Waals surface area contributed by atoms with Crippen molar-refractivity contribution in [2.75, 3.05) is 37.6 Å². The van der Waals surface area contributed by atoms with Gasteiger partial charge in [-0.2, -0.15) is 5.26 Å². The zero-order valence-corrected chi connectivity index (χ0v) is 18.8. The second kappa shape index (κ2) is 12.4. The average Bonchev–Trinajstić information content (AvgIpc) is 3.37. The van der Waals surface area contributed by atoms with Gasteiger partial charge in [-0.15, -0.1) is 0 Å². The van der Waals surface area contributed by atoms with Crippen molar-refractivity contribution in [3.05, 3.63) is 29.6 Å². The maximum Gasteiger partial charge on any atom is 0.254 e. The first-order valence-electron chi connectivity index (χ1n) is 11.3. The lowest BCUT2D eigenvalue weighted by Gasteiger charge is -2.34. The lowest BCUT2D eigenvalue weighted by molar-refractivity contribution is -0.152. The molecular weight excluding hydrogens is 415 g/mol. The zero-order valence-electron chi connectivity index (χ0n) is 18.8. The van der Waals surface area contributed by atoms with Crippen LogP contribution in [0, 0.1) is 23.1 Å². The maximum absolute atomic E-state index is 13.3. The fourth-order valence-electron chi connectivity index (χ4n) is 4.00. The molecule has 2 unspecified atom stereocenters. The Hall–Kier alpha value is -2.70. The van der Waals surface area contributed by atoms with Gasteiger partial charge in [-0.3, -0.25) is 9.59 Å². The summed E-state index contributed by atoms with van der Waals surface area (Å²) in [7, 11) is 0. The van der Waals surface area contributed by atoms with Crippen LogP contribution in [-0.4, -0.2) is 71.9 Å². The first-order valence-corrected chi connectivity index (χ1v) is 11.3. The van der Waals surface area contributed by atoms with Crippen LogP contribution in [0.3, 0.4) is 0 Å². The molecule has 1 aromatic rings. The maximum atomic E-state index is 13.3. The highest BCUT2D eigenvalue weighted by atomic mass is 19.1. The monoisotopic (exact) mass is 448 g/mol. The molecule has 8 nitrogen and oxygen atoms in total. The molecule has 32 heavy (non-hydrogen) atoms. The van der Waals surface area contributed by atoms with E-state index >= 15 is 0 Å². The molecule has 2 saturated heterocycles. The van der Waals surface area contributed by atoms with E-state index in [0.29, 0.717) is 44.0 Å². The minimum atomic E-state index is -1.80. The van der Waals surface area contributed by atoms with Gasteiger partial charge in [-0.25, -0.2) is 4.39 Å². The third-order valence-corrected chi connectivity index (χ3v) is 5.84. The number of nitrogens with zero attached hydrogens (tertiary/aromatic N) is 3. The van der Waals surface area contributed by atoms with Gasteiger partial charge in [0.15, 0.2) is 12.2 Å². The van der Waals surface area contributed by atoms with Crippen molar-refractivity contribution in [1.82, 2.24) is 10.2 Å². The molecule has 0 aromatic heterocycles. The normalized spacial score (nSPS) is 18.2. The molecule has 2 fully saturated rings. The highest BCUT2D eigenvalue weighted by Crippen LogP contribution is 2.26. The summed E-state index contributed by atoms with van der Waals surface area (Å²) in [4.78, 5) is 27.8. The van der Waals surface area contributed by atoms with Crippen molar-refractivity contribution < 1.29 is 24.2 Å². The van der Waals surface area contributed by atoms with Gasteiger partial charge >= 0.3 is 0 Å². The van der Waals surface area contributed by atoms with Crippen molar-refractivity contribution >= 4 is 17.5 Å². The molecule has 2 aliphatic heterocycles. The topological polar surface area (TPSA) is 117 Å². The molecule has 2 heterocycles. The molecule has 0 saturated carbocycles. The number of aliphatic hydroxyl groups is 2. The Morgan fingerprint density at radius 3 is 2.38 bits per heavy atom. The van der Waals surface area contributed by atoms with Gasteiger partial charge in [0.05, 0.1) is 11.3 Å². The van der Waals surface area contributed by atoms with Gasteiger partial charge in [0, 0.05) is 32.7 Å². The van der Waals surface area contributed by atoms with Crippen LogP contribution in [0.4, 0.5) is 10.1 Å². The van der Waals surface area contributed by atoms with Crippen LogP contribution in [0.1, 0.15) is 45.1 Å². The third-order valence-electron chi connectivity index (χ3n) is 5.84. The van der Waals surface area contributed by atoms with Gasteiger partial charge in [0.25, 0.3) is 11.8 Å². The van der Waals surface area contributed by atoms with Crippen molar-refractivity contribution in [3.8, 4) is 6.07 Å². The average molecular weight is 449 g/mol. The van der Waals surface area contributed by atoms with E-state index in [2.05, 4.69) is 5.32 Å². The molecule has 2 amide bonds. The molecule has 0 aliphatic carbocycles. The largest absolute Gasteiger partial charge is 0.380 e. The standard InChI is InChI=1S/C21H27FN4O4.C2H6/c22-16-3-4-17(15(11-16)12-23)25-9-5-14(6-10-25)13-24-20(29)18(27)19(28)21(30)26-7-1-2-8-26;1-2/h3-4,11,14,18-19,27-28H,1-2,5-10,13H2,(H,24,29);1-2H3.